The quantitative estimate of drug-likeness (QED) is 0.264. The monoisotopic (exact) mass is 555 g/mol. The minimum absolute atomic E-state index is 0.317. The van der Waals surface area contributed by atoms with Crippen molar-refractivity contribution in [3.8, 4) is 23.0 Å². The number of allylic oxidation sites excluding steroid dienone is 1. The van der Waals surface area contributed by atoms with Gasteiger partial charge in [0.25, 0.3) is 5.91 Å². The number of hydrogen-bond acceptors (Lipinski definition) is 8. The molecule has 0 saturated carbocycles. The van der Waals surface area contributed by atoms with Crippen LogP contribution in [0.5, 0.6) is 23.0 Å². The Bertz CT molecular complexity index is 1580. The summed E-state index contributed by atoms with van der Waals surface area (Å²) < 4.78 is 24.6. The zero-order valence-electron chi connectivity index (χ0n) is 23.7. The molecule has 1 aromatic heterocycles. The number of benzene rings is 3. The third-order valence-corrected chi connectivity index (χ3v) is 6.79. The maximum Gasteiger partial charge on any atom is 0.255 e. The van der Waals surface area contributed by atoms with E-state index in [2.05, 4.69) is 39.8 Å². The Morgan fingerprint density at radius 2 is 1.76 bits per heavy atom. The molecule has 0 aliphatic carbocycles. The summed E-state index contributed by atoms with van der Waals surface area (Å²) in [5, 5.41) is 10.6. The van der Waals surface area contributed by atoms with Crippen LogP contribution in [0.2, 0.25) is 0 Å². The molecule has 0 bridgehead atoms. The minimum Gasteiger partial charge on any atom is -0.497 e. The summed E-state index contributed by atoms with van der Waals surface area (Å²) in [5.41, 5.74) is 4.66. The molecule has 1 amide bonds. The normalized spacial score (nSPS) is 14.1. The lowest BCUT2D eigenvalue weighted by atomic mass is 9.94. The molecule has 1 atom stereocenters. The number of amides is 1. The molecule has 212 valence electrons. The predicted octanol–water partition coefficient (Wildman–Crippen LogP) is 5.51. The minimum atomic E-state index is -0.580. The Morgan fingerprint density at radius 3 is 2.49 bits per heavy atom. The van der Waals surface area contributed by atoms with Gasteiger partial charge in [-0.2, -0.15) is 10.1 Å². The molecule has 2 heterocycles. The van der Waals surface area contributed by atoms with E-state index in [1.54, 1.807) is 37.1 Å². The molecule has 0 radical (unpaired) electrons. The first-order valence-corrected chi connectivity index (χ1v) is 13.3. The number of aryl methyl sites for hydroxylation is 1. The first kappa shape index (κ1) is 27.6. The first-order chi connectivity index (χ1) is 19.9. The van der Waals surface area contributed by atoms with Crippen molar-refractivity contribution in [3.63, 3.8) is 0 Å². The van der Waals surface area contributed by atoms with E-state index in [0.717, 1.165) is 11.1 Å². The standard InChI is InChI=1S/C31H33N5O5/c1-6-40-27-15-22(11-14-25(27)41-17-21-9-7-19(2)8-10-21)29-28(20(3)34-31-32-18-33-36(29)31)30(37)35-24-13-12-23(38-4)16-26(24)39-5/h7-16,18,29H,6,17H2,1-5H3,(H,35,37)(H,32,33,34)/t29-/m0/s1. The maximum atomic E-state index is 13.9. The van der Waals surface area contributed by atoms with Crippen molar-refractivity contribution in [1.29, 1.82) is 0 Å². The molecule has 10 heteroatoms. The average Bonchev–Trinajstić information content (AvgIpc) is 3.45. The van der Waals surface area contributed by atoms with Crippen molar-refractivity contribution >= 4 is 17.5 Å². The fraction of sp³-hybridized carbons (Fsp3) is 0.258. The van der Waals surface area contributed by atoms with E-state index in [0.29, 0.717) is 59.1 Å². The van der Waals surface area contributed by atoms with Gasteiger partial charge in [-0.05, 0) is 56.2 Å². The summed E-state index contributed by atoms with van der Waals surface area (Å²) in [6.07, 6.45) is 1.46. The Hall–Kier alpha value is -4.99. The molecular formula is C31H33N5O5. The van der Waals surface area contributed by atoms with Gasteiger partial charge in [-0.1, -0.05) is 35.9 Å². The summed E-state index contributed by atoms with van der Waals surface area (Å²) in [5.74, 6) is 2.50. The highest BCUT2D eigenvalue weighted by Crippen LogP contribution is 2.40. The summed E-state index contributed by atoms with van der Waals surface area (Å²) >= 11 is 0. The van der Waals surface area contributed by atoms with E-state index in [9.17, 15) is 4.79 Å². The van der Waals surface area contributed by atoms with Crippen molar-refractivity contribution < 1.29 is 23.7 Å². The van der Waals surface area contributed by atoms with Gasteiger partial charge in [0.2, 0.25) is 5.95 Å². The van der Waals surface area contributed by atoms with Gasteiger partial charge in [0.1, 0.15) is 30.5 Å². The number of nitrogens with zero attached hydrogens (tertiary/aromatic N) is 3. The molecule has 0 fully saturated rings. The number of carbonyl (C=O) groups is 1. The van der Waals surface area contributed by atoms with Crippen LogP contribution in [-0.2, 0) is 11.4 Å². The summed E-state index contributed by atoms with van der Waals surface area (Å²) in [6, 6.07) is 18.5. The summed E-state index contributed by atoms with van der Waals surface area (Å²) in [4.78, 5) is 18.2. The predicted molar refractivity (Wildman–Crippen MR) is 156 cm³/mol. The molecule has 0 unspecified atom stereocenters. The third kappa shape index (κ3) is 5.81. The lowest BCUT2D eigenvalue weighted by Crippen LogP contribution is -2.31. The number of hydrogen-bond donors (Lipinski definition) is 2. The highest BCUT2D eigenvalue weighted by molar-refractivity contribution is 6.06. The largest absolute Gasteiger partial charge is 0.497 e. The number of fused-ring (bicyclic) bond motifs is 1. The van der Waals surface area contributed by atoms with Crippen LogP contribution in [0, 0.1) is 6.92 Å². The Labute approximate surface area is 238 Å². The first-order valence-electron chi connectivity index (χ1n) is 13.3. The number of ether oxygens (including phenoxy) is 4. The molecule has 5 rings (SSSR count). The van der Waals surface area contributed by atoms with Crippen molar-refractivity contribution in [2.24, 2.45) is 0 Å². The van der Waals surface area contributed by atoms with Crippen molar-refractivity contribution in [1.82, 2.24) is 14.8 Å². The molecule has 2 N–H and O–H groups in total. The van der Waals surface area contributed by atoms with Crippen LogP contribution in [-0.4, -0.2) is 41.5 Å². The molecule has 4 aromatic rings. The van der Waals surface area contributed by atoms with E-state index in [4.69, 9.17) is 18.9 Å². The molecular weight excluding hydrogens is 522 g/mol. The average molecular weight is 556 g/mol. The molecule has 0 spiro atoms. The van der Waals surface area contributed by atoms with Crippen LogP contribution in [0.25, 0.3) is 0 Å². The molecule has 0 saturated heterocycles. The molecule has 1 aliphatic heterocycles. The molecule has 3 aromatic carbocycles. The van der Waals surface area contributed by atoms with Crippen LogP contribution in [0.4, 0.5) is 11.6 Å². The third-order valence-electron chi connectivity index (χ3n) is 6.79. The number of carbonyl (C=O) groups excluding carboxylic acids is 1. The number of anilines is 2. The van der Waals surface area contributed by atoms with Crippen LogP contribution in [0.1, 0.15) is 36.6 Å². The van der Waals surface area contributed by atoms with Crippen LogP contribution in [0.15, 0.2) is 78.3 Å². The van der Waals surface area contributed by atoms with E-state index in [1.165, 1.54) is 11.9 Å². The zero-order valence-corrected chi connectivity index (χ0v) is 23.7. The Balaban J connectivity index is 1.48. The van der Waals surface area contributed by atoms with Gasteiger partial charge < -0.3 is 29.6 Å². The fourth-order valence-electron chi connectivity index (χ4n) is 4.71. The van der Waals surface area contributed by atoms with Gasteiger partial charge in [-0.3, -0.25) is 4.79 Å². The highest BCUT2D eigenvalue weighted by atomic mass is 16.5. The lowest BCUT2D eigenvalue weighted by Gasteiger charge is -2.29. The fourth-order valence-corrected chi connectivity index (χ4v) is 4.71. The van der Waals surface area contributed by atoms with Gasteiger partial charge in [0.15, 0.2) is 11.5 Å². The van der Waals surface area contributed by atoms with Crippen molar-refractivity contribution in [3.05, 3.63) is 95.0 Å². The van der Waals surface area contributed by atoms with Crippen LogP contribution in [0.3, 0.4) is 0 Å². The van der Waals surface area contributed by atoms with Gasteiger partial charge in [0.05, 0.1) is 32.1 Å². The molecule has 41 heavy (non-hydrogen) atoms. The lowest BCUT2D eigenvalue weighted by molar-refractivity contribution is -0.113. The van der Waals surface area contributed by atoms with Crippen LogP contribution >= 0.6 is 0 Å². The van der Waals surface area contributed by atoms with E-state index in [-0.39, 0.29) is 5.91 Å². The SMILES string of the molecule is CCOc1cc([C@H]2C(C(=O)Nc3ccc(OC)cc3OC)=C(C)Nc3ncnn32)ccc1OCc1ccc(C)cc1. The van der Waals surface area contributed by atoms with E-state index in [1.807, 2.05) is 44.2 Å². The molecule has 1 aliphatic rings. The zero-order chi connectivity index (χ0) is 28.9. The second kappa shape index (κ2) is 12.0. The van der Waals surface area contributed by atoms with Gasteiger partial charge >= 0.3 is 0 Å². The molecule has 10 nitrogen and oxygen atoms in total. The van der Waals surface area contributed by atoms with Gasteiger partial charge in [0, 0.05) is 11.8 Å². The maximum absolute atomic E-state index is 13.9. The summed E-state index contributed by atoms with van der Waals surface area (Å²) in [6.45, 7) is 6.66. The van der Waals surface area contributed by atoms with Crippen molar-refractivity contribution in [2.75, 3.05) is 31.5 Å². The Kier molecular flexibility index (Phi) is 8.09. The van der Waals surface area contributed by atoms with Gasteiger partial charge in [-0.25, -0.2) is 4.68 Å². The van der Waals surface area contributed by atoms with Crippen LogP contribution < -0.4 is 29.6 Å². The van der Waals surface area contributed by atoms with Crippen molar-refractivity contribution in [2.45, 2.75) is 33.4 Å². The number of aromatic nitrogens is 3. The number of methoxy groups -OCH3 is 2. The topological polar surface area (TPSA) is 109 Å². The number of rotatable bonds is 10. The Morgan fingerprint density at radius 1 is 0.951 bits per heavy atom. The van der Waals surface area contributed by atoms with E-state index >= 15 is 0 Å². The second-order valence-corrected chi connectivity index (χ2v) is 9.53. The van der Waals surface area contributed by atoms with E-state index < -0.39 is 6.04 Å². The number of nitrogens with one attached hydrogen (secondary N) is 2. The summed E-state index contributed by atoms with van der Waals surface area (Å²) in [7, 11) is 3.11. The second-order valence-electron chi connectivity index (χ2n) is 9.53. The van der Waals surface area contributed by atoms with Gasteiger partial charge in [-0.15, -0.1) is 0 Å². The highest BCUT2D eigenvalue weighted by Gasteiger charge is 2.34. The smallest absolute Gasteiger partial charge is 0.255 e.